The van der Waals surface area contributed by atoms with Crippen molar-refractivity contribution in [2.75, 3.05) is 0 Å². The van der Waals surface area contributed by atoms with Crippen molar-refractivity contribution in [3.63, 3.8) is 0 Å². The van der Waals surface area contributed by atoms with Gasteiger partial charge in [0.25, 0.3) is 0 Å². The molecular formula is C7H12OS. The Morgan fingerprint density at radius 1 is 1.67 bits per heavy atom. The standard InChI is InChI=1S/C7H12OS/c1-5(2)6-3-4-7(8)9-6/h5-6H,3-4H2,1-2H3. The Balaban J connectivity index is 2.39. The fourth-order valence-corrected chi connectivity index (χ4v) is 2.10. The van der Waals surface area contributed by atoms with Gasteiger partial charge in [-0.1, -0.05) is 25.6 Å². The molecule has 0 saturated carbocycles. The predicted octanol–water partition coefficient (Wildman–Crippen LogP) is 2.06. The number of thioether (sulfide) groups is 1. The molecule has 52 valence electrons. The Hall–Kier alpha value is 0.0200. The van der Waals surface area contributed by atoms with Gasteiger partial charge >= 0.3 is 0 Å². The fourth-order valence-electron chi connectivity index (χ4n) is 1.02. The normalized spacial score (nSPS) is 27.9. The zero-order valence-electron chi connectivity index (χ0n) is 5.89. The molecule has 1 fully saturated rings. The molecule has 1 saturated heterocycles. The summed E-state index contributed by atoms with van der Waals surface area (Å²) in [4.78, 5) is 10.7. The Morgan fingerprint density at radius 2 is 2.33 bits per heavy atom. The molecule has 1 aliphatic heterocycles. The van der Waals surface area contributed by atoms with E-state index in [0.29, 0.717) is 16.3 Å². The maximum atomic E-state index is 10.7. The average Bonchev–Trinajstić information content (AvgIpc) is 2.14. The predicted molar refractivity (Wildman–Crippen MR) is 40.5 cm³/mol. The molecule has 1 unspecified atom stereocenters. The highest BCUT2D eigenvalue weighted by molar-refractivity contribution is 8.14. The minimum Gasteiger partial charge on any atom is -0.287 e. The first-order chi connectivity index (χ1) is 4.20. The highest BCUT2D eigenvalue weighted by atomic mass is 32.2. The summed E-state index contributed by atoms with van der Waals surface area (Å²) in [5, 5.41) is 0.992. The van der Waals surface area contributed by atoms with Gasteiger partial charge < -0.3 is 0 Å². The van der Waals surface area contributed by atoms with Gasteiger partial charge in [-0.25, -0.2) is 0 Å². The number of hydrogen-bond donors (Lipinski definition) is 0. The molecule has 0 radical (unpaired) electrons. The second kappa shape index (κ2) is 2.74. The molecule has 0 aromatic rings. The summed E-state index contributed by atoms with van der Waals surface area (Å²) in [6.07, 6.45) is 1.90. The lowest BCUT2D eigenvalue weighted by Gasteiger charge is -2.09. The Labute approximate surface area is 60.2 Å². The van der Waals surface area contributed by atoms with E-state index in [1.54, 1.807) is 0 Å². The molecule has 0 aromatic heterocycles. The van der Waals surface area contributed by atoms with Crippen molar-refractivity contribution in [3.05, 3.63) is 0 Å². The first-order valence-corrected chi connectivity index (χ1v) is 4.27. The molecule has 0 spiro atoms. The summed E-state index contributed by atoms with van der Waals surface area (Å²) in [7, 11) is 0. The second-order valence-electron chi connectivity index (χ2n) is 2.81. The number of hydrogen-bond acceptors (Lipinski definition) is 2. The number of carbonyl (C=O) groups excluding carboxylic acids is 1. The van der Waals surface area contributed by atoms with Crippen LogP contribution in [0.1, 0.15) is 26.7 Å². The van der Waals surface area contributed by atoms with Crippen LogP contribution in [0.15, 0.2) is 0 Å². The van der Waals surface area contributed by atoms with E-state index in [1.165, 1.54) is 11.8 Å². The molecule has 0 N–H and O–H groups in total. The maximum absolute atomic E-state index is 10.7. The first-order valence-electron chi connectivity index (χ1n) is 3.39. The van der Waals surface area contributed by atoms with Crippen LogP contribution in [-0.4, -0.2) is 10.4 Å². The van der Waals surface area contributed by atoms with Crippen molar-refractivity contribution in [2.24, 2.45) is 5.92 Å². The van der Waals surface area contributed by atoms with Gasteiger partial charge in [-0.2, -0.15) is 0 Å². The molecule has 9 heavy (non-hydrogen) atoms. The lowest BCUT2D eigenvalue weighted by molar-refractivity contribution is -0.110. The molecule has 1 aliphatic rings. The minimum atomic E-state index is 0.383. The summed E-state index contributed by atoms with van der Waals surface area (Å²) in [6.45, 7) is 4.35. The van der Waals surface area contributed by atoms with Crippen LogP contribution in [0.25, 0.3) is 0 Å². The van der Waals surface area contributed by atoms with Crippen molar-refractivity contribution < 1.29 is 4.79 Å². The summed E-state index contributed by atoms with van der Waals surface area (Å²) in [5.41, 5.74) is 0. The molecule has 1 rings (SSSR count). The van der Waals surface area contributed by atoms with Crippen LogP contribution in [0.4, 0.5) is 0 Å². The lowest BCUT2D eigenvalue weighted by Crippen LogP contribution is -2.05. The van der Waals surface area contributed by atoms with E-state index in [0.717, 1.165) is 12.8 Å². The molecule has 0 aliphatic carbocycles. The van der Waals surface area contributed by atoms with Gasteiger partial charge in [0, 0.05) is 11.7 Å². The monoisotopic (exact) mass is 144 g/mol. The fraction of sp³-hybridized carbons (Fsp3) is 0.857. The third kappa shape index (κ3) is 1.71. The van der Waals surface area contributed by atoms with Crippen LogP contribution in [0.3, 0.4) is 0 Å². The van der Waals surface area contributed by atoms with Crippen molar-refractivity contribution >= 4 is 16.9 Å². The summed E-state index contributed by atoms with van der Waals surface area (Å²) in [6, 6.07) is 0. The zero-order valence-corrected chi connectivity index (χ0v) is 6.70. The molecule has 1 atom stereocenters. The summed E-state index contributed by atoms with van der Waals surface area (Å²) < 4.78 is 0. The number of carbonyl (C=O) groups is 1. The molecule has 2 heteroatoms. The quantitative estimate of drug-likeness (QED) is 0.560. The van der Waals surface area contributed by atoms with Gasteiger partial charge in [0.05, 0.1) is 0 Å². The highest BCUT2D eigenvalue weighted by Crippen LogP contribution is 2.32. The van der Waals surface area contributed by atoms with Crippen LogP contribution in [-0.2, 0) is 4.79 Å². The third-order valence-corrected chi connectivity index (χ3v) is 3.21. The lowest BCUT2D eigenvalue weighted by atomic mass is 10.1. The van der Waals surface area contributed by atoms with Crippen molar-refractivity contribution in [2.45, 2.75) is 31.9 Å². The van der Waals surface area contributed by atoms with Gasteiger partial charge in [-0.3, -0.25) is 4.79 Å². The van der Waals surface area contributed by atoms with Gasteiger partial charge in [0.2, 0.25) is 0 Å². The van der Waals surface area contributed by atoms with Gasteiger partial charge in [-0.15, -0.1) is 0 Å². The highest BCUT2D eigenvalue weighted by Gasteiger charge is 2.24. The van der Waals surface area contributed by atoms with E-state index >= 15 is 0 Å². The molecule has 1 heterocycles. The largest absolute Gasteiger partial charge is 0.287 e. The van der Waals surface area contributed by atoms with Gasteiger partial charge in [-0.05, 0) is 12.3 Å². The maximum Gasteiger partial charge on any atom is 0.189 e. The Kier molecular flexibility index (Phi) is 2.17. The van der Waals surface area contributed by atoms with Crippen LogP contribution >= 0.6 is 11.8 Å². The van der Waals surface area contributed by atoms with E-state index in [-0.39, 0.29) is 0 Å². The van der Waals surface area contributed by atoms with Crippen molar-refractivity contribution in [1.29, 1.82) is 0 Å². The molecule has 0 amide bonds. The third-order valence-electron chi connectivity index (χ3n) is 1.66. The van der Waals surface area contributed by atoms with Crippen LogP contribution in [0, 0.1) is 5.92 Å². The van der Waals surface area contributed by atoms with Crippen LogP contribution in [0.2, 0.25) is 0 Å². The van der Waals surface area contributed by atoms with E-state index in [1.807, 2.05) is 0 Å². The van der Waals surface area contributed by atoms with E-state index in [2.05, 4.69) is 13.8 Å². The molecule has 0 aromatic carbocycles. The Morgan fingerprint density at radius 3 is 2.56 bits per heavy atom. The van der Waals surface area contributed by atoms with Gasteiger partial charge in [0.1, 0.15) is 0 Å². The second-order valence-corrected chi connectivity index (χ2v) is 4.11. The molecule has 1 nitrogen and oxygen atoms in total. The number of rotatable bonds is 1. The topological polar surface area (TPSA) is 17.1 Å². The first kappa shape index (κ1) is 7.13. The summed E-state index contributed by atoms with van der Waals surface area (Å²) >= 11 is 1.53. The average molecular weight is 144 g/mol. The van der Waals surface area contributed by atoms with Crippen LogP contribution in [0.5, 0.6) is 0 Å². The Bertz CT molecular complexity index is 120. The van der Waals surface area contributed by atoms with Crippen molar-refractivity contribution in [1.82, 2.24) is 0 Å². The molecular weight excluding hydrogens is 132 g/mol. The summed E-state index contributed by atoms with van der Waals surface area (Å²) in [5.74, 6) is 0.668. The minimum absolute atomic E-state index is 0.383. The molecule has 0 bridgehead atoms. The van der Waals surface area contributed by atoms with Crippen molar-refractivity contribution in [3.8, 4) is 0 Å². The van der Waals surface area contributed by atoms with E-state index < -0.39 is 0 Å². The van der Waals surface area contributed by atoms with Gasteiger partial charge in [0.15, 0.2) is 5.12 Å². The van der Waals surface area contributed by atoms with E-state index in [9.17, 15) is 4.79 Å². The smallest absolute Gasteiger partial charge is 0.189 e. The van der Waals surface area contributed by atoms with Crippen LogP contribution < -0.4 is 0 Å². The SMILES string of the molecule is CC(C)C1CCC(=O)S1. The zero-order chi connectivity index (χ0) is 6.85. The van der Waals surface area contributed by atoms with E-state index in [4.69, 9.17) is 0 Å².